The van der Waals surface area contributed by atoms with Crippen molar-refractivity contribution in [1.82, 2.24) is 4.57 Å². The standard InChI is InChI=1S/C22H17N3O/c1-3-13-24-15-17(19-11-7-8-12-21(19)24)14-20-16(2)23-25(22(20)26)18-9-5-4-6-10-18/h1,4-12,14-15H,13H2,2H3/b20-14+. The fraction of sp³-hybridized carbons (Fsp3) is 0.0909. The number of hydrogen-bond acceptors (Lipinski definition) is 2. The van der Waals surface area contributed by atoms with Crippen molar-refractivity contribution in [3.05, 3.63) is 71.9 Å². The largest absolute Gasteiger partial charge is 0.335 e. The van der Waals surface area contributed by atoms with Crippen LogP contribution in [0.25, 0.3) is 17.0 Å². The summed E-state index contributed by atoms with van der Waals surface area (Å²) in [5.74, 6) is 2.55. The molecular formula is C22H17N3O. The molecule has 0 aliphatic carbocycles. The molecule has 2 heterocycles. The smallest absolute Gasteiger partial charge is 0.280 e. The van der Waals surface area contributed by atoms with Gasteiger partial charge in [-0.2, -0.15) is 10.1 Å². The lowest BCUT2D eigenvalue weighted by Crippen LogP contribution is -2.21. The number of fused-ring (bicyclic) bond motifs is 1. The predicted octanol–water partition coefficient (Wildman–Crippen LogP) is 4.08. The van der Waals surface area contributed by atoms with Crippen molar-refractivity contribution in [3.8, 4) is 12.3 Å². The number of anilines is 1. The van der Waals surface area contributed by atoms with E-state index in [-0.39, 0.29) is 5.91 Å². The SMILES string of the molecule is C#CCn1cc(/C=C2/C(=O)N(c3ccccc3)N=C2C)c2ccccc21. The predicted molar refractivity (Wildman–Crippen MR) is 106 cm³/mol. The van der Waals surface area contributed by atoms with E-state index in [4.69, 9.17) is 6.42 Å². The Morgan fingerprint density at radius 1 is 1.12 bits per heavy atom. The molecule has 4 nitrogen and oxygen atoms in total. The van der Waals surface area contributed by atoms with E-state index in [9.17, 15) is 4.79 Å². The zero-order valence-electron chi connectivity index (χ0n) is 14.4. The summed E-state index contributed by atoms with van der Waals surface area (Å²) in [5.41, 5.74) is 4.07. The van der Waals surface area contributed by atoms with Crippen molar-refractivity contribution in [1.29, 1.82) is 0 Å². The third-order valence-corrected chi connectivity index (χ3v) is 4.44. The van der Waals surface area contributed by atoms with Crippen LogP contribution in [0.15, 0.2) is 71.5 Å². The molecule has 1 aromatic heterocycles. The minimum absolute atomic E-state index is 0.123. The average molecular weight is 339 g/mol. The number of amides is 1. The normalized spacial score (nSPS) is 15.5. The third kappa shape index (κ3) is 2.60. The average Bonchev–Trinajstić information content (AvgIpc) is 3.16. The summed E-state index contributed by atoms with van der Waals surface area (Å²) in [7, 11) is 0. The molecule has 0 atom stereocenters. The number of carbonyl (C=O) groups excluding carboxylic acids is 1. The van der Waals surface area contributed by atoms with E-state index in [0.717, 1.165) is 22.2 Å². The fourth-order valence-corrected chi connectivity index (χ4v) is 3.20. The summed E-state index contributed by atoms with van der Waals surface area (Å²) in [6.45, 7) is 2.34. The fourth-order valence-electron chi connectivity index (χ4n) is 3.20. The molecule has 0 saturated carbocycles. The summed E-state index contributed by atoms with van der Waals surface area (Å²) >= 11 is 0. The summed E-state index contributed by atoms with van der Waals surface area (Å²) in [6.07, 6.45) is 9.38. The molecule has 0 radical (unpaired) electrons. The van der Waals surface area contributed by atoms with Crippen molar-refractivity contribution >= 4 is 34.3 Å². The Morgan fingerprint density at radius 2 is 1.85 bits per heavy atom. The third-order valence-electron chi connectivity index (χ3n) is 4.44. The summed E-state index contributed by atoms with van der Waals surface area (Å²) < 4.78 is 2.02. The maximum atomic E-state index is 12.9. The topological polar surface area (TPSA) is 37.6 Å². The first kappa shape index (κ1) is 15.9. The quantitative estimate of drug-likeness (QED) is 0.523. The molecule has 0 unspecified atom stereocenters. The molecule has 126 valence electrons. The van der Waals surface area contributed by atoms with E-state index < -0.39 is 0 Å². The molecule has 26 heavy (non-hydrogen) atoms. The molecule has 0 spiro atoms. The first-order chi connectivity index (χ1) is 12.7. The highest BCUT2D eigenvalue weighted by Gasteiger charge is 2.28. The number of hydrogen-bond donors (Lipinski definition) is 0. The van der Waals surface area contributed by atoms with Gasteiger partial charge in [0.1, 0.15) is 0 Å². The number of carbonyl (C=O) groups is 1. The number of rotatable bonds is 3. The zero-order valence-corrected chi connectivity index (χ0v) is 14.4. The first-order valence-corrected chi connectivity index (χ1v) is 8.37. The minimum Gasteiger partial charge on any atom is -0.335 e. The number of aromatic nitrogens is 1. The molecule has 2 aromatic carbocycles. The molecular weight excluding hydrogens is 322 g/mol. The summed E-state index contributed by atoms with van der Waals surface area (Å²) in [4.78, 5) is 12.9. The Balaban J connectivity index is 1.78. The number of terminal acetylenes is 1. The van der Waals surface area contributed by atoms with E-state index >= 15 is 0 Å². The van der Waals surface area contributed by atoms with Gasteiger partial charge in [0, 0.05) is 22.7 Å². The van der Waals surface area contributed by atoms with Gasteiger partial charge in [-0.25, -0.2) is 0 Å². The van der Waals surface area contributed by atoms with Crippen LogP contribution >= 0.6 is 0 Å². The highest BCUT2D eigenvalue weighted by Crippen LogP contribution is 2.28. The van der Waals surface area contributed by atoms with Gasteiger partial charge in [-0.3, -0.25) is 4.79 Å². The molecule has 3 aromatic rings. The Morgan fingerprint density at radius 3 is 2.62 bits per heavy atom. The van der Waals surface area contributed by atoms with Gasteiger partial charge in [-0.05, 0) is 31.2 Å². The lowest BCUT2D eigenvalue weighted by Gasteiger charge is -2.10. The van der Waals surface area contributed by atoms with E-state index in [1.165, 1.54) is 5.01 Å². The van der Waals surface area contributed by atoms with Gasteiger partial charge in [-0.15, -0.1) is 6.42 Å². The molecule has 1 amide bonds. The maximum absolute atomic E-state index is 12.9. The maximum Gasteiger partial charge on any atom is 0.280 e. The van der Waals surface area contributed by atoms with Gasteiger partial charge < -0.3 is 4.57 Å². The Kier molecular flexibility index (Phi) is 3.91. The van der Waals surface area contributed by atoms with E-state index in [0.29, 0.717) is 17.8 Å². The second kappa shape index (κ2) is 6.38. The molecule has 4 rings (SSSR count). The second-order valence-electron chi connectivity index (χ2n) is 6.13. The molecule has 1 aliphatic heterocycles. The van der Waals surface area contributed by atoms with Gasteiger partial charge >= 0.3 is 0 Å². The number of hydrazone groups is 1. The number of nitrogens with zero attached hydrogens (tertiary/aromatic N) is 3. The van der Waals surface area contributed by atoms with Crippen LogP contribution in [0.2, 0.25) is 0 Å². The van der Waals surface area contributed by atoms with Crippen molar-refractivity contribution in [2.24, 2.45) is 5.10 Å². The van der Waals surface area contributed by atoms with Crippen LogP contribution in [0.4, 0.5) is 5.69 Å². The van der Waals surface area contributed by atoms with Crippen molar-refractivity contribution in [2.75, 3.05) is 5.01 Å². The lowest BCUT2D eigenvalue weighted by atomic mass is 10.1. The van der Waals surface area contributed by atoms with Gasteiger partial charge in [-0.1, -0.05) is 42.3 Å². The summed E-state index contributed by atoms with van der Waals surface area (Å²) in [6, 6.07) is 17.5. The Hall–Kier alpha value is -3.58. The molecule has 0 saturated heterocycles. The van der Waals surface area contributed by atoms with Crippen LogP contribution in [0.5, 0.6) is 0 Å². The van der Waals surface area contributed by atoms with Crippen LogP contribution in [0.1, 0.15) is 12.5 Å². The van der Waals surface area contributed by atoms with E-state index in [1.807, 2.05) is 78.4 Å². The Labute approximate surface area is 152 Å². The molecule has 4 heteroatoms. The first-order valence-electron chi connectivity index (χ1n) is 8.37. The van der Waals surface area contributed by atoms with Gasteiger partial charge in [0.25, 0.3) is 5.91 Å². The zero-order chi connectivity index (χ0) is 18.1. The lowest BCUT2D eigenvalue weighted by molar-refractivity contribution is -0.114. The van der Waals surface area contributed by atoms with Crippen LogP contribution in [-0.4, -0.2) is 16.2 Å². The number of benzene rings is 2. The van der Waals surface area contributed by atoms with E-state index in [1.54, 1.807) is 0 Å². The molecule has 0 fully saturated rings. The van der Waals surface area contributed by atoms with Crippen molar-refractivity contribution in [2.45, 2.75) is 13.5 Å². The Bertz CT molecular complexity index is 1100. The molecule has 0 N–H and O–H groups in total. The van der Waals surface area contributed by atoms with Gasteiger partial charge in [0.15, 0.2) is 0 Å². The molecule has 1 aliphatic rings. The number of para-hydroxylation sites is 2. The monoisotopic (exact) mass is 339 g/mol. The minimum atomic E-state index is -0.123. The van der Waals surface area contributed by atoms with Gasteiger partial charge in [0.05, 0.1) is 23.5 Å². The second-order valence-corrected chi connectivity index (χ2v) is 6.13. The summed E-state index contributed by atoms with van der Waals surface area (Å²) in [5, 5.41) is 6.94. The van der Waals surface area contributed by atoms with Crippen molar-refractivity contribution < 1.29 is 4.79 Å². The van der Waals surface area contributed by atoms with E-state index in [2.05, 4.69) is 11.0 Å². The van der Waals surface area contributed by atoms with Gasteiger partial charge in [0.2, 0.25) is 0 Å². The highest BCUT2D eigenvalue weighted by atomic mass is 16.2. The van der Waals surface area contributed by atoms with Crippen LogP contribution in [-0.2, 0) is 11.3 Å². The van der Waals surface area contributed by atoms with Crippen LogP contribution < -0.4 is 5.01 Å². The molecule has 0 bridgehead atoms. The van der Waals surface area contributed by atoms with Crippen LogP contribution in [0, 0.1) is 12.3 Å². The van der Waals surface area contributed by atoms with Crippen molar-refractivity contribution in [3.63, 3.8) is 0 Å². The highest BCUT2D eigenvalue weighted by molar-refractivity contribution is 6.32. The van der Waals surface area contributed by atoms with Crippen LogP contribution in [0.3, 0.4) is 0 Å².